The Bertz CT molecular complexity index is 442. The predicted molar refractivity (Wildman–Crippen MR) is 84.1 cm³/mol. The first-order valence-corrected chi connectivity index (χ1v) is 7.17. The van der Waals surface area contributed by atoms with Crippen molar-refractivity contribution >= 4 is 11.8 Å². The lowest BCUT2D eigenvalue weighted by molar-refractivity contribution is 0.0894. The maximum atomic E-state index is 12.0. The summed E-state index contributed by atoms with van der Waals surface area (Å²) in [5, 5.41) is 5.63. The highest BCUT2D eigenvalue weighted by atomic mass is 16.5. The molecule has 0 spiro atoms. The first-order valence-electron chi connectivity index (χ1n) is 7.17. The van der Waals surface area contributed by atoms with Crippen molar-refractivity contribution in [2.75, 3.05) is 27.4 Å². The summed E-state index contributed by atoms with van der Waals surface area (Å²) in [6.45, 7) is 4.62. The zero-order chi connectivity index (χ0) is 16.5. The van der Waals surface area contributed by atoms with Crippen LogP contribution in [0.1, 0.15) is 34.6 Å². The molecule has 1 aromatic rings. The van der Waals surface area contributed by atoms with Gasteiger partial charge in [-0.25, -0.2) is 0 Å². The van der Waals surface area contributed by atoms with Crippen molar-refractivity contribution in [3.05, 3.63) is 35.4 Å². The Hall–Kier alpha value is -1.92. The number of hydrogen-bond acceptors (Lipinski definition) is 4. The van der Waals surface area contributed by atoms with Crippen LogP contribution in [0, 0.1) is 0 Å². The summed E-state index contributed by atoms with van der Waals surface area (Å²) < 4.78 is 9.94. The van der Waals surface area contributed by atoms with Crippen LogP contribution in [-0.2, 0) is 9.47 Å². The van der Waals surface area contributed by atoms with Crippen molar-refractivity contribution in [2.45, 2.75) is 25.9 Å². The quantitative estimate of drug-likeness (QED) is 0.757. The summed E-state index contributed by atoms with van der Waals surface area (Å²) in [6.07, 6.45) is 0. The van der Waals surface area contributed by atoms with Crippen LogP contribution in [0.15, 0.2) is 24.3 Å². The third-order valence-electron chi connectivity index (χ3n) is 3.00. The zero-order valence-electron chi connectivity index (χ0n) is 13.5. The van der Waals surface area contributed by atoms with Gasteiger partial charge in [0.05, 0.1) is 13.2 Å². The first-order chi connectivity index (χ1) is 10.5. The van der Waals surface area contributed by atoms with Gasteiger partial charge >= 0.3 is 0 Å². The molecular formula is C16H24N2O4. The van der Waals surface area contributed by atoms with Crippen molar-refractivity contribution in [1.29, 1.82) is 0 Å². The molecule has 2 atom stereocenters. The van der Waals surface area contributed by atoms with Crippen molar-refractivity contribution in [3.8, 4) is 0 Å². The van der Waals surface area contributed by atoms with Gasteiger partial charge in [-0.1, -0.05) is 0 Å². The highest BCUT2D eigenvalue weighted by molar-refractivity contribution is 5.98. The second kappa shape index (κ2) is 9.17. The summed E-state index contributed by atoms with van der Waals surface area (Å²) in [4.78, 5) is 24.0. The molecule has 0 bridgehead atoms. The maximum absolute atomic E-state index is 12.0. The molecule has 0 fully saturated rings. The third kappa shape index (κ3) is 5.83. The predicted octanol–water partition coefficient (Wildman–Crippen LogP) is 1.22. The molecule has 1 aromatic carbocycles. The number of nitrogens with one attached hydrogen (secondary N) is 2. The average Bonchev–Trinajstić information content (AvgIpc) is 2.47. The minimum absolute atomic E-state index is 0.0737. The second-order valence-electron chi connectivity index (χ2n) is 5.24. The lowest BCUT2D eigenvalue weighted by Gasteiger charge is -2.14. The SMILES string of the molecule is COC[C@H](C)NC(=O)c1ccc(C(=O)N[C@@H](C)COC)cc1. The van der Waals surface area contributed by atoms with E-state index in [1.165, 1.54) is 0 Å². The summed E-state index contributed by atoms with van der Waals surface area (Å²) >= 11 is 0. The second-order valence-corrected chi connectivity index (χ2v) is 5.24. The summed E-state index contributed by atoms with van der Waals surface area (Å²) in [7, 11) is 3.17. The minimum Gasteiger partial charge on any atom is -0.383 e. The number of carbonyl (C=O) groups is 2. The largest absolute Gasteiger partial charge is 0.383 e. The van der Waals surface area contributed by atoms with Gasteiger partial charge in [0, 0.05) is 37.4 Å². The average molecular weight is 308 g/mol. The van der Waals surface area contributed by atoms with Gasteiger partial charge in [0.25, 0.3) is 11.8 Å². The maximum Gasteiger partial charge on any atom is 0.251 e. The van der Waals surface area contributed by atoms with E-state index in [0.717, 1.165) is 0 Å². The van der Waals surface area contributed by atoms with Crippen LogP contribution in [0.2, 0.25) is 0 Å². The fourth-order valence-corrected chi connectivity index (χ4v) is 1.97. The fourth-order valence-electron chi connectivity index (χ4n) is 1.97. The number of amides is 2. The van der Waals surface area contributed by atoms with Gasteiger partial charge in [0.1, 0.15) is 0 Å². The van der Waals surface area contributed by atoms with Crippen LogP contribution in [0.25, 0.3) is 0 Å². The van der Waals surface area contributed by atoms with Crippen LogP contribution < -0.4 is 10.6 Å². The van der Waals surface area contributed by atoms with E-state index in [1.54, 1.807) is 38.5 Å². The van der Waals surface area contributed by atoms with E-state index < -0.39 is 0 Å². The van der Waals surface area contributed by atoms with E-state index in [9.17, 15) is 9.59 Å². The Labute approximate surface area is 131 Å². The van der Waals surface area contributed by atoms with Crippen LogP contribution in [0.5, 0.6) is 0 Å². The van der Waals surface area contributed by atoms with Gasteiger partial charge in [-0.05, 0) is 38.1 Å². The monoisotopic (exact) mass is 308 g/mol. The lowest BCUT2D eigenvalue weighted by Crippen LogP contribution is -2.36. The Balaban J connectivity index is 2.62. The molecule has 0 radical (unpaired) electrons. The number of rotatable bonds is 8. The molecule has 0 aliphatic heterocycles. The lowest BCUT2D eigenvalue weighted by atomic mass is 10.1. The molecule has 0 unspecified atom stereocenters. The van der Waals surface area contributed by atoms with Gasteiger partial charge in [-0.15, -0.1) is 0 Å². The molecule has 0 aromatic heterocycles. The van der Waals surface area contributed by atoms with Crippen molar-refractivity contribution < 1.29 is 19.1 Å². The van der Waals surface area contributed by atoms with E-state index >= 15 is 0 Å². The number of ether oxygens (including phenoxy) is 2. The van der Waals surface area contributed by atoms with Crippen molar-refractivity contribution in [1.82, 2.24) is 10.6 Å². The van der Waals surface area contributed by atoms with E-state index in [0.29, 0.717) is 24.3 Å². The Morgan fingerprint density at radius 3 is 1.45 bits per heavy atom. The fraction of sp³-hybridized carbons (Fsp3) is 0.500. The molecule has 0 saturated carbocycles. The molecule has 1 rings (SSSR count). The standard InChI is InChI=1S/C16H24N2O4/c1-11(9-21-3)17-15(19)13-5-7-14(8-6-13)16(20)18-12(2)10-22-4/h5-8,11-12H,9-10H2,1-4H3,(H,17,19)(H,18,20)/t11-,12-/m0/s1. The molecule has 0 aliphatic carbocycles. The summed E-state index contributed by atoms with van der Waals surface area (Å²) in [6, 6.07) is 6.37. The van der Waals surface area contributed by atoms with Gasteiger partial charge < -0.3 is 20.1 Å². The van der Waals surface area contributed by atoms with Crippen LogP contribution in [0.3, 0.4) is 0 Å². The first kappa shape index (κ1) is 18.1. The molecule has 6 nitrogen and oxygen atoms in total. The highest BCUT2D eigenvalue weighted by Crippen LogP contribution is 2.05. The van der Waals surface area contributed by atoms with Crippen LogP contribution >= 0.6 is 0 Å². The van der Waals surface area contributed by atoms with Gasteiger partial charge in [0.15, 0.2) is 0 Å². The molecule has 0 heterocycles. The van der Waals surface area contributed by atoms with Crippen molar-refractivity contribution in [3.63, 3.8) is 0 Å². The topological polar surface area (TPSA) is 76.7 Å². The normalized spacial score (nSPS) is 13.3. The molecule has 6 heteroatoms. The molecule has 0 aliphatic rings. The molecular weight excluding hydrogens is 284 g/mol. The van der Waals surface area contributed by atoms with Crippen LogP contribution in [0.4, 0.5) is 0 Å². The van der Waals surface area contributed by atoms with E-state index in [1.807, 2.05) is 13.8 Å². The molecule has 0 saturated heterocycles. The minimum atomic E-state index is -0.191. The number of benzene rings is 1. The zero-order valence-corrected chi connectivity index (χ0v) is 13.5. The molecule has 2 N–H and O–H groups in total. The Morgan fingerprint density at radius 2 is 1.18 bits per heavy atom. The van der Waals surface area contributed by atoms with E-state index in [2.05, 4.69) is 10.6 Å². The summed E-state index contributed by atoms with van der Waals surface area (Å²) in [5.74, 6) is -0.381. The summed E-state index contributed by atoms with van der Waals surface area (Å²) in [5.41, 5.74) is 1.01. The number of carbonyl (C=O) groups excluding carboxylic acids is 2. The Kier molecular flexibility index (Phi) is 7.56. The highest BCUT2D eigenvalue weighted by Gasteiger charge is 2.12. The van der Waals surface area contributed by atoms with Gasteiger partial charge in [0.2, 0.25) is 0 Å². The smallest absolute Gasteiger partial charge is 0.251 e. The van der Waals surface area contributed by atoms with Crippen LogP contribution in [-0.4, -0.2) is 51.3 Å². The Morgan fingerprint density at radius 1 is 0.864 bits per heavy atom. The number of methoxy groups -OCH3 is 2. The molecule has 2 amide bonds. The van der Waals surface area contributed by atoms with Crippen molar-refractivity contribution in [2.24, 2.45) is 0 Å². The van der Waals surface area contributed by atoms with E-state index in [4.69, 9.17) is 9.47 Å². The third-order valence-corrected chi connectivity index (χ3v) is 3.00. The van der Waals surface area contributed by atoms with Gasteiger partial charge in [-0.3, -0.25) is 9.59 Å². The van der Waals surface area contributed by atoms with E-state index in [-0.39, 0.29) is 23.9 Å². The molecule has 22 heavy (non-hydrogen) atoms. The number of hydrogen-bond donors (Lipinski definition) is 2. The molecule has 122 valence electrons. The van der Waals surface area contributed by atoms with Gasteiger partial charge in [-0.2, -0.15) is 0 Å².